The Balaban J connectivity index is 1.36. The lowest BCUT2D eigenvalue weighted by Gasteiger charge is -2.27. The van der Waals surface area contributed by atoms with Gasteiger partial charge in [0.15, 0.2) is 0 Å². The van der Waals surface area contributed by atoms with Gasteiger partial charge in [0.25, 0.3) is 0 Å². The molecule has 2 N–H and O–H groups in total. The Morgan fingerprint density at radius 3 is 2.31 bits per heavy atom. The van der Waals surface area contributed by atoms with Gasteiger partial charge in [0.1, 0.15) is 6.61 Å². The summed E-state index contributed by atoms with van der Waals surface area (Å²) in [7, 11) is 0. The van der Waals surface area contributed by atoms with Crippen molar-refractivity contribution in [1.82, 2.24) is 10.2 Å². The van der Waals surface area contributed by atoms with Gasteiger partial charge in [-0.15, -0.1) is 0 Å². The molecule has 2 aromatic rings. The van der Waals surface area contributed by atoms with E-state index in [2.05, 4.69) is 29.6 Å². The number of alkyl carbamates (subject to hydrolysis) is 1. The molecule has 2 aliphatic rings. The summed E-state index contributed by atoms with van der Waals surface area (Å²) >= 11 is 0. The summed E-state index contributed by atoms with van der Waals surface area (Å²) in [5.74, 6) is -2.01. The summed E-state index contributed by atoms with van der Waals surface area (Å²) in [4.78, 5) is 38.6. The minimum absolute atomic E-state index is 0.0158. The lowest BCUT2D eigenvalue weighted by Crippen LogP contribution is -2.45. The van der Waals surface area contributed by atoms with Crippen LogP contribution in [0.1, 0.15) is 37.3 Å². The number of hydrogen-bond acceptors (Lipinski definition) is 5. The van der Waals surface area contributed by atoms with Crippen LogP contribution in [0.4, 0.5) is 4.79 Å². The highest BCUT2D eigenvalue weighted by Crippen LogP contribution is 2.44. The number of carboxylic acids is 1. The first-order valence-electron chi connectivity index (χ1n) is 12.0. The van der Waals surface area contributed by atoms with Crippen LogP contribution in [0, 0.1) is 11.8 Å². The Morgan fingerprint density at radius 1 is 1.09 bits per heavy atom. The van der Waals surface area contributed by atoms with Gasteiger partial charge in [0, 0.05) is 31.5 Å². The maximum atomic E-state index is 12.9. The molecule has 1 saturated heterocycles. The van der Waals surface area contributed by atoms with Crippen molar-refractivity contribution in [3.05, 3.63) is 59.7 Å². The van der Waals surface area contributed by atoms with Crippen molar-refractivity contribution in [3.8, 4) is 11.1 Å². The number of ether oxygens (including phenoxy) is 2. The van der Waals surface area contributed by atoms with Crippen molar-refractivity contribution in [2.45, 2.75) is 32.2 Å². The second-order valence-electron chi connectivity index (χ2n) is 9.47. The van der Waals surface area contributed by atoms with E-state index in [1.54, 1.807) is 0 Å². The Bertz CT molecular complexity index is 1040. The number of benzene rings is 2. The molecule has 1 heterocycles. The first-order chi connectivity index (χ1) is 16.8. The molecular formula is C27H32N2O6. The van der Waals surface area contributed by atoms with Crippen molar-refractivity contribution in [1.29, 1.82) is 0 Å². The molecule has 1 aliphatic carbocycles. The molecule has 8 nitrogen and oxygen atoms in total. The van der Waals surface area contributed by atoms with E-state index < -0.39 is 24.0 Å². The highest BCUT2D eigenvalue weighted by molar-refractivity contribution is 5.80. The molecule has 2 amide bonds. The van der Waals surface area contributed by atoms with E-state index in [0.29, 0.717) is 13.2 Å². The number of nitrogens with zero attached hydrogens (tertiary/aromatic N) is 1. The number of carbonyl (C=O) groups excluding carboxylic acids is 2. The van der Waals surface area contributed by atoms with Gasteiger partial charge in [-0.1, -0.05) is 62.4 Å². The quantitative estimate of drug-likeness (QED) is 0.629. The third kappa shape index (κ3) is 5.65. The van der Waals surface area contributed by atoms with E-state index in [1.807, 2.05) is 38.1 Å². The van der Waals surface area contributed by atoms with E-state index in [-0.39, 0.29) is 43.9 Å². The predicted molar refractivity (Wildman–Crippen MR) is 130 cm³/mol. The molecule has 1 unspecified atom stereocenters. The van der Waals surface area contributed by atoms with E-state index in [1.165, 1.54) is 4.90 Å². The van der Waals surface area contributed by atoms with Gasteiger partial charge in [0.05, 0.1) is 19.1 Å². The van der Waals surface area contributed by atoms with Gasteiger partial charge in [-0.05, 0) is 28.2 Å². The summed E-state index contributed by atoms with van der Waals surface area (Å²) in [6.45, 7) is 4.86. The third-order valence-electron chi connectivity index (χ3n) is 6.81. The molecule has 186 valence electrons. The molecule has 0 radical (unpaired) electrons. The van der Waals surface area contributed by atoms with Crippen LogP contribution >= 0.6 is 0 Å². The number of nitrogens with one attached hydrogen (secondary N) is 1. The summed E-state index contributed by atoms with van der Waals surface area (Å²) in [5.41, 5.74) is 4.58. The molecule has 35 heavy (non-hydrogen) atoms. The average molecular weight is 481 g/mol. The van der Waals surface area contributed by atoms with Gasteiger partial charge in [-0.3, -0.25) is 9.59 Å². The van der Waals surface area contributed by atoms with Crippen molar-refractivity contribution < 1.29 is 29.0 Å². The van der Waals surface area contributed by atoms with Gasteiger partial charge in [0.2, 0.25) is 5.91 Å². The predicted octanol–water partition coefficient (Wildman–Crippen LogP) is 3.50. The standard InChI is InChI=1S/C27H32N2O6/c1-17(2)24(13-25(30)29-11-12-34-15-18(14-29)26(31)32)28-27(33)35-16-23-21-9-5-3-7-19(21)20-8-4-6-10-22(20)23/h3-10,17-18,23-24H,11-16H2,1-2H3,(H,28,33)(H,31,32)/t18?,24-/m1/s1. The summed E-state index contributed by atoms with van der Waals surface area (Å²) in [5, 5.41) is 12.2. The normalized spacial score (nSPS) is 18.4. The number of amides is 2. The van der Waals surface area contributed by atoms with Crippen LogP contribution < -0.4 is 5.32 Å². The third-order valence-corrected chi connectivity index (χ3v) is 6.81. The average Bonchev–Trinajstić information content (AvgIpc) is 2.97. The summed E-state index contributed by atoms with van der Waals surface area (Å²) < 4.78 is 11.0. The largest absolute Gasteiger partial charge is 0.481 e. The number of carboxylic acid groups (broad SMARTS) is 1. The topological polar surface area (TPSA) is 105 Å². The number of rotatable bonds is 7. The van der Waals surface area contributed by atoms with Gasteiger partial charge >= 0.3 is 12.1 Å². The zero-order valence-corrected chi connectivity index (χ0v) is 20.1. The monoisotopic (exact) mass is 480 g/mol. The minimum Gasteiger partial charge on any atom is -0.481 e. The Morgan fingerprint density at radius 2 is 1.71 bits per heavy atom. The number of aliphatic carboxylic acids is 1. The maximum Gasteiger partial charge on any atom is 0.407 e. The smallest absolute Gasteiger partial charge is 0.407 e. The SMILES string of the molecule is CC(C)[C@@H](CC(=O)N1CCOCC(C(=O)O)C1)NC(=O)OCC1c2ccccc2-c2ccccc21. The molecule has 4 rings (SSSR count). The van der Waals surface area contributed by atoms with Crippen molar-refractivity contribution in [2.24, 2.45) is 11.8 Å². The molecule has 0 saturated carbocycles. The van der Waals surface area contributed by atoms with E-state index in [9.17, 15) is 19.5 Å². The molecule has 2 aromatic carbocycles. The summed E-state index contributed by atoms with van der Waals surface area (Å²) in [6.07, 6.45) is -0.505. The molecule has 8 heteroatoms. The second-order valence-corrected chi connectivity index (χ2v) is 9.47. The summed E-state index contributed by atoms with van der Waals surface area (Å²) in [6, 6.07) is 15.8. The van der Waals surface area contributed by atoms with Crippen LogP contribution in [0.2, 0.25) is 0 Å². The maximum absolute atomic E-state index is 12.9. The van der Waals surface area contributed by atoms with Crippen LogP contribution in [0.25, 0.3) is 11.1 Å². The zero-order chi connectivity index (χ0) is 24.9. The Hall–Kier alpha value is -3.39. The molecule has 0 spiro atoms. The van der Waals surface area contributed by atoms with Crippen LogP contribution in [0.15, 0.2) is 48.5 Å². The minimum atomic E-state index is -0.984. The Kier molecular flexibility index (Phi) is 7.70. The molecule has 2 atom stereocenters. The number of carbonyl (C=O) groups is 3. The lowest BCUT2D eigenvalue weighted by atomic mass is 9.98. The molecule has 0 aromatic heterocycles. The van der Waals surface area contributed by atoms with Gasteiger partial charge in [-0.25, -0.2) is 4.79 Å². The first-order valence-corrected chi connectivity index (χ1v) is 12.0. The fourth-order valence-corrected chi connectivity index (χ4v) is 4.75. The van der Waals surface area contributed by atoms with Crippen LogP contribution in [-0.2, 0) is 19.1 Å². The van der Waals surface area contributed by atoms with Gasteiger partial charge < -0.3 is 24.8 Å². The fraction of sp³-hybridized carbons (Fsp3) is 0.444. The fourth-order valence-electron chi connectivity index (χ4n) is 4.75. The van der Waals surface area contributed by atoms with E-state index >= 15 is 0 Å². The second kappa shape index (κ2) is 10.9. The lowest BCUT2D eigenvalue weighted by molar-refractivity contribution is -0.144. The van der Waals surface area contributed by atoms with Crippen LogP contribution in [0.3, 0.4) is 0 Å². The number of fused-ring (bicyclic) bond motifs is 3. The number of hydrogen-bond donors (Lipinski definition) is 2. The van der Waals surface area contributed by atoms with Crippen LogP contribution in [0.5, 0.6) is 0 Å². The highest BCUT2D eigenvalue weighted by Gasteiger charge is 2.31. The van der Waals surface area contributed by atoms with Gasteiger partial charge in [-0.2, -0.15) is 0 Å². The van der Waals surface area contributed by atoms with Crippen molar-refractivity contribution >= 4 is 18.0 Å². The first kappa shape index (κ1) is 24.7. The van der Waals surface area contributed by atoms with Crippen molar-refractivity contribution in [2.75, 3.05) is 32.9 Å². The van der Waals surface area contributed by atoms with Crippen molar-refractivity contribution in [3.63, 3.8) is 0 Å². The molecule has 0 bridgehead atoms. The Labute approximate surface area is 205 Å². The molecule has 1 fully saturated rings. The zero-order valence-electron chi connectivity index (χ0n) is 20.1. The highest BCUT2D eigenvalue weighted by atomic mass is 16.5. The van der Waals surface area contributed by atoms with Crippen LogP contribution in [-0.4, -0.2) is 66.9 Å². The van der Waals surface area contributed by atoms with E-state index in [4.69, 9.17) is 9.47 Å². The molecular weight excluding hydrogens is 448 g/mol. The van der Waals surface area contributed by atoms with E-state index in [0.717, 1.165) is 22.3 Å². The molecule has 1 aliphatic heterocycles.